The van der Waals surface area contributed by atoms with Crippen LogP contribution < -0.4 is 4.74 Å². The zero-order chi connectivity index (χ0) is 23.8. The van der Waals surface area contributed by atoms with E-state index in [0.29, 0.717) is 0 Å². The van der Waals surface area contributed by atoms with Crippen molar-refractivity contribution in [3.8, 4) is 39.5 Å². The minimum atomic E-state index is 0.725. The predicted molar refractivity (Wildman–Crippen MR) is 142 cm³/mol. The summed E-state index contributed by atoms with van der Waals surface area (Å²) in [5.41, 5.74) is 8.20. The molecule has 0 radical (unpaired) electrons. The molecular formula is C29H26N4OS. The molecule has 0 amide bonds. The van der Waals surface area contributed by atoms with Crippen LogP contribution in [0.4, 0.5) is 0 Å². The van der Waals surface area contributed by atoms with E-state index in [0.717, 1.165) is 62.7 Å². The van der Waals surface area contributed by atoms with E-state index in [1.807, 2.05) is 35.2 Å². The van der Waals surface area contributed by atoms with Crippen LogP contribution in [0.25, 0.3) is 39.3 Å². The number of fused-ring (bicyclic) bond motifs is 1. The molecule has 3 aromatic heterocycles. The zero-order valence-electron chi connectivity index (χ0n) is 19.8. The van der Waals surface area contributed by atoms with Gasteiger partial charge in [0.1, 0.15) is 11.4 Å². The summed E-state index contributed by atoms with van der Waals surface area (Å²) < 4.78 is 8.00. The fraction of sp³-hybridized carbons (Fsp3) is 0.207. The molecule has 5 aromatic rings. The zero-order valence-corrected chi connectivity index (χ0v) is 20.6. The van der Waals surface area contributed by atoms with Crippen LogP contribution in [0.15, 0.2) is 84.1 Å². The third-order valence-corrected chi connectivity index (χ3v) is 6.95. The van der Waals surface area contributed by atoms with E-state index in [1.165, 1.54) is 30.2 Å². The highest BCUT2D eigenvalue weighted by molar-refractivity contribution is 7.98. The van der Waals surface area contributed by atoms with Gasteiger partial charge in [-0.05, 0) is 74.4 Å². The Morgan fingerprint density at radius 1 is 0.943 bits per heavy atom. The Bertz CT molecular complexity index is 1490. The third kappa shape index (κ3) is 4.42. The monoisotopic (exact) mass is 478 g/mol. The summed E-state index contributed by atoms with van der Waals surface area (Å²) >= 11 is 1.54. The van der Waals surface area contributed by atoms with Crippen molar-refractivity contribution in [3.05, 3.63) is 84.6 Å². The van der Waals surface area contributed by atoms with Crippen molar-refractivity contribution in [2.75, 3.05) is 12.9 Å². The molecule has 0 bridgehead atoms. The van der Waals surface area contributed by atoms with Crippen molar-refractivity contribution in [1.29, 1.82) is 0 Å². The fourth-order valence-corrected chi connectivity index (χ4v) is 4.61. The van der Waals surface area contributed by atoms with Crippen LogP contribution in [0.2, 0.25) is 0 Å². The highest BCUT2D eigenvalue weighted by Gasteiger charge is 2.22. The summed E-state index contributed by atoms with van der Waals surface area (Å²) in [6.45, 7) is 2.90. The molecule has 35 heavy (non-hydrogen) atoms. The first kappa shape index (κ1) is 21.9. The second-order valence-electron chi connectivity index (χ2n) is 9.01. The molecule has 1 aliphatic carbocycles. The van der Waals surface area contributed by atoms with Crippen LogP contribution in [-0.4, -0.2) is 32.4 Å². The summed E-state index contributed by atoms with van der Waals surface area (Å²) in [4.78, 5) is 9.21. The third-order valence-electron chi connectivity index (χ3n) is 6.39. The van der Waals surface area contributed by atoms with Gasteiger partial charge in [-0.15, -0.1) is 0 Å². The summed E-state index contributed by atoms with van der Waals surface area (Å²) in [5, 5.41) is 5.88. The lowest BCUT2D eigenvalue weighted by Gasteiger charge is -2.07. The molecule has 0 saturated heterocycles. The maximum absolute atomic E-state index is 5.96. The largest absolute Gasteiger partial charge is 0.493 e. The number of rotatable bonds is 7. The van der Waals surface area contributed by atoms with Crippen molar-refractivity contribution in [1.82, 2.24) is 19.6 Å². The SMILES string of the molecule is CSc1nccc(-c2c(-c3ccc(OCC4CC4)cc3)nn3c(-c4ccc(C)cc4)cccc23)n1. The normalized spacial score (nSPS) is 13.3. The number of thioether (sulfide) groups is 1. The van der Waals surface area contributed by atoms with E-state index >= 15 is 0 Å². The summed E-state index contributed by atoms with van der Waals surface area (Å²) in [7, 11) is 0. The smallest absolute Gasteiger partial charge is 0.187 e. The molecule has 6 rings (SSSR count). The number of benzene rings is 2. The standard InChI is InChI=1S/C29H26N4OS/c1-19-6-10-21(11-7-19)25-4-3-5-26-27(24-16-17-30-29(31-24)35-2)28(32-33(25)26)22-12-14-23(15-13-22)34-18-20-8-9-20/h3-7,10-17,20H,8-9,18H2,1-2H3. The molecule has 0 unspecified atom stereocenters. The minimum absolute atomic E-state index is 0.725. The van der Waals surface area contributed by atoms with E-state index in [9.17, 15) is 0 Å². The summed E-state index contributed by atoms with van der Waals surface area (Å²) in [6.07, 6.45) is 6.37. The van der Waals surface area contributed by atoms with Crippen LogP contribution in [0.1, 0.15) is 18.4 Å². The first-order valence-electron chi connectivity index (χ1n) is 11.9. The Hall–Kier alpha value is -3.64. The van der Waals surface area contributed by atoms with Gasteiger partial charge < -0.3 is 4.74 Å². The average Bonchev–Trinajstić information content (AvgIpc) is 3.65. The van der Waals surface area contributed by atoms with Crippen LogP contribution >= 0.6 is 11.8 Å². The molecule has 3 heterocycles. The number of aryl methyl sites for hydroxylation is 1. The topological polar surface area (TPSA) is 52.3 Å². The van der Waals surface area contributed by atoms with E-state index in [2.05, 4.69) is 66.5 Å². The maximum Gasteiger partial charge on any atom is 0.187 e. The van der Waals surface area contributed by atoms with Gasteiger partial charge in [0.25, 0.3) is 0 Å². The first-order valence-corrected chi connectivity index (χ1v) is 13.1. The Morgan fingerprint density at radius 2 is 1.71 bits per heavy atom. The number of pyridine rings is 1. The minimum Gasteiger partial charge on any atom is -0.493 e. The van der Waals surface area contributed by atoms with Gasteiger partial charge in [-0.25, -0.2) is 14.5 Å². The van der Waals surface area contributed by atoms with Crippen LogP contribution in [0.3, 0.4) is 0 Å². The summed E-state index contributed by atoms with van der Waals surface area (Å²) in [5.74, 6) is 1.63. The van der Waals surface area contributed by atoms with Gasteiger partial charge in [0, 0.05) is 17.3 Å². The number of ether oxygens (including phenoxy) is 1. The van der Waals surface area contributed by atoms with Crippen molar-refractivity contribution < 1.29 is 4.74 Å². The Balaban J connectivity index is 1.51. The van der Waals surface area contributed by atoms with Crippen molar-refractivity contribution in [2.45, 2.75) is 24.9 Å². The molecule has 5 nitrogen and oxygen atoms in total. The number of hydrogen-bond acceptors (Lipinski definition) is 5. The molecule has 0 atom stereocenters. The van der Waals surface area contributed by atoms with Gasteiger partial charge in [0.2, 0.25) is 0 Å². The molecule has 1 fully saturated rings. The van der Waals surface area contributed by atoms with Crippen LogP contribution in [0, 0.1) is 12.8 Å². The molecule has 0 aliphatic heterocycles. The lowest BCUT2D eigenvalue weighted by atomic mass is 10.0. The number of aromatic nitrogens is 4. The molecule has 0 spiro atoms. The predicted octanol–water partition coefficient (Wildman–Crippen LogP) is 6.94. The molecule has 1 aliphatic rings. The lowest BCUT2D eigenvalue weighted by molar-refractivity contribution is 0.300. The van der Waals surface area contributed by atoms with E-state index in [4.69, 9.17) is 14.8 Å². The van der Waals surface area contributed by atoms with Crippen molar-refractivity contribution in [3.63, 3.8) is 0 Å². The fourth-order valence-electron chi connectivity index (χ4n) is 4.25. The molecule has 0 N–H and O–H groups in total. The Labute approximate surface area is 209 Å². The Kier molecular flexibility index (Phi) is 5.74. The number of hydrogen-bond donors (Lipinski definition) is 0. The van der Waals surface area contributed by atoms with Crippen molar-refractivity contribution >= 4 is 17.3 Å². The highest BCUT2D eigenvalue weighted by Crippen LogP contribution is 2.37. The molecule has 1 saturated carbocycles. The second-order valence-corrected chi connectivity index (χ2v) is 9.78. The molecule has 2 aromatic carbocycles. The van der Waals surface area contributed by atoms with Gasteiger partial charge in [0.15, 0.2) is 5.16 Å². The van der Waals surface area contributed by atoms with E-state index < -0.39 is 0 Å². The molecule has 174 valence electrons. The van der Waals surface area contributed by atoms with Gasteiger partial charge >= 0.3 is 0 Å². The maximum atomic E-state index is 5.96. The van der Waals surface area contributed by atoms with Gasteiger partial charge in [-0.3, -0.25) is 0 Å². The number of nitrogens with zero attached hydrogens (tertiary/aromatic N) is 4. The van der Waals surface area contributed by atoms with Gasteiger partial charge in [-0.1, -0.05) is 47.7 Å². The molecule has 6 heteroatoms. The summed E-state index contributed by atoms with van der Waals surface area (Å²) in [6, 6.07) is 25.1. The van der Waals surface area contributed by atoms with Gasteiger partial charge in [0.05, 0.1) is 29.1 Å². The lowest BCUT2D eigenvalue weighted by Crippen LogP contribution is -1.98. The van der Waals surface area contributed by atoms with Crippen molar-refractivity contribution in [2.24, 2.45) is 5.92 Å². The Morgan fingerprint density at radius 3 is 2.46 bits per heavy atom. The van der Waals surface area contributed by atoms with E-state index in [-0.39, 0.29) is 0 Å². The van der Waals surface area contributed by atoms with Gasteiger partial charge in [-0.2, -0.15) is 5.10 Å². The van der Waals surface area contributed by atoms with Crippen LogP contribution in [-0.2, 0) is 0 Å². The quantitative estimate of drug-likeness (QED) is 0.187. The second kappa shape index (κ2) is 9.19. The average molecular weight is 479 g/mol. The van der Waals surface area contributed by atoms with Crippen LogP contribution in [0.5, 0.6) is 5.75 Å². The highest BCUT2D eigenvalue weighted by atomic mass is 32.2. The van der Waals surface area contributed by atoms with E-state index in [1.54, 1.807) is 0 Å². The molecular weight excluding hydrogens is 452 g/mol. The first-order chi connectivity index (χ1) is 17.2.